The lowest BCUT2D eigenvalue weighted by Crippen LogP contribution is -2.12. The second-order valence-corrected chi connectivity index (χ2v) is 8.28. The molecule has 0 spiro atoms. The van der Waals surface area contributed by atoms with E-state index in [9.17, 15) is 15.3 Å². The van der Waals surface area contributed by atoms with Gasteiger partial charge in [0.15, 0.2) is 5.13 Å². The minimum absolute atomic E-state index is 0.255. The summed E-state index contributed by atoms with van der Waals surface area (Å²) in [6, 6.07) is 21.8. The Morgan fingerprint density at radius 2 is 2.00 bits per heavy atom. The first-order valence-corrected chi connectivity index (χ1v) is 11.0. The fourth-order valence-electron chi connectivity index (χ4n) is 3.45. The summed E-state index contributed by atoms with van der Waals surface area (Å²) in [4.78, 5) is 17.0. The number of aromatic nitrogens is 1. The van der Waals surface area contributed by atoms with Gasteiger partial charge >= 0.3 is 0 Å². The second kappa shape index (κ2) is 9.39. The first-order valence-electron chi connectivity index (χ1n) is 10.2. The highest BCUT2D eigenvalue weighted by Crippen LogP contribution is 2.35. The molecule has 3 N–H and O–H groups in total. The van der Waals surface area contributed by atoms with Crippen molar-refractivity contribution in [3.05, 3.63) is 77.4 Å². The Morgan fingerprint density at radius 3 is 2.76 bits per heavy atom. The average molecular weight is 454 g/mol. The van der Waals surface area contributed by atoms with Crippen LogP contribution in [0.3, 0.4) is 0 Å². The van der Waals surface area contributed by atoms with Gasteiger partial charge in [-0.3, -0.25) is 4.79 Å². The van der Waals surface area contributed by atoms with Gasteiger partial charge < -0.3 is 15.8 Å². The van der Waals surface area contributed by atoms with Crippen molar-refractivity contribution < 1.29 is 9.53 Å². The summed E-state index contributed by atoms with van der Waals surface area (Å²) >= 11 is 1.23. The number of nitriles is 2. The van der Waals surface area contributed by atoms with Gasteiger partial charge in [-0.05, 0) is 48.4 Å². The lowest BCUT2D eigenvalue weighted by atomic mass is 9.96. The molecule has 8 heteroatoms. The summed E-state index contributed by atoms with van der Waals surface area (Å²) in [5.74, 6) is 0.299. The van der Waals surface area contributed by atoms with E-state index in [1.807, 2.05) is 13.0 Å². The first-order chi connectivity index (χ1) is 16.0. The standard InChI is InChI=1S/C25H19N5O2S/c1-2-15(13-26)16-5-3-6-17(11-16)24(31)29-18-7-4-8-19(12-18)32-22-10-9-21-23(20(22)14-27)33-25(28)30-21/h3-12,15H,2H2,1H3,(H2,28,30)(H,29,31). The van der Waals surface area contributed by atoms with Crippen molar-refractivity contribution >= 4 is 38.3 Å². The third-order valence-electron chi connectivity index (χ3n) is 5.08. The molecule has 0 fully saturated rings. The highest BCUT2D eigenvalue weighted by Gasteiger charge is 2.15. The molecule has 7 nitrogen and oxygen atoms in total. The number of amides is 1. The smallest absolute Gasteiger partial charge is 0.255 e. The number of nitrogen functional groups attached to an aromatic ring is 1. The Kier molecular flexibility index (Phi) is 6.21. The van der Waals surface area contributed by atoms with Gasteiger partial charge in [0.25, 0.3) is 5.91 Å². The molecule has 0 aliphatic heterocycles. The molecule has 3 aromatic carbocycles. The van der Waals surface area contributed by atoms with E-state index in [2.05, 4.69) is 22.4 Å². The number of nitrogens with two attached hydrogens (primary N) is 1. The van der Waals surface area contributed by atoms with Crippen LogP contribution in [-0.2, 0) is 0 Å². The molecule has 1 atom stereocenters. The normalized spacial score (nSPS) is 11.4. The van der Waals surface area contributed by atoms with Crippen LogP contribution in [0.4, 0.5) is 10.8 Å². The molecular formula is C25H19N5O2S. The van der Waals surface area contributed by atoms with Crippen molar-refractivity contribution in [1.82, 2.24) is 4.98 Å². The molecule has 0 bridgehead atoms. The van der Waals surface area contributed by atoms with Crippen LogP contribution in [-0.4, -0.2) is 10.9 Å². The summed E-state index contributed by atoms with van der Waals surface area (Å²) in [6.45, 7) is 1.94. The monoisotopic (exact) mass is 453 g/mol. The van der Waals surface area contributed by atoms with E-state index < -0.39 is 0 Å². The minimum Gasteiger partial charge on any atom is -0.456 e. The number of thiazole rings is 1. The molecule has 33 heavy (non-hydrogen) atoms. The number of carbonyl (C=O) groups is 1. The van der Waals surface area contributed by atoms with Crippen LogP contribution in [0.15, 0.2) is 60.7 Å². The van der Waals surface area contributed by atoms with Crippen molar-refractivity contribution in [2.24, 2.45) is 0 Å². The van der Waals surface area contributed by atoms with E-state index in [-0.39, 0.29) is 11.8 Å². The molecule has 0 aliphatic rings. The van der Waals surface area contributed by atoms with Gasteiger partial charge in [-0.25, -0.2) is 4.98 Å². The number of anilines is 2. The number of nitrogens with zero attached hydrogens (tertiary/aromatic N) is 3. The molecule has 0 saturated heterocycles. The molecule has 4 aromatic rings. The molecule has 1 unspecified atom stereocenters. The average Bonchev–Trinajstić information content (AvgIpc) is 3.20. The van der Waals surface area contributed by atoms with Crippen LogP contribution in [0.25, 0.3) is 10.2 Å². The quantitative estimate of drug-likeness (QED) is 0.379. The zero-order chi connectivity index (χ0) is 23.4. The van der Waals surface area contributed by atoms with Crippen LogP contribution in [0.1, 0.15) is 40.7 Å². The second-order valence-electron chi connectivity index (χ2n) is 7.25. The largest absolute Gasteiger partial charge is 0.456 e. The van der Waals surface area contributed by atoms with Crippen molar-refractivity contribution in [3.63, 3.8) is 0 Å². The fourth-order valence-corrected chi connectivity index (χ4v) is 4.27. The zero-order valence-corrected chi connectivity index (χ0v) is 18.5. The van der Waals surface area contributed by atoms with Gasteiger partial charge in [-0.15, -0.1) is 0 Å². The summed E-state index contributed by atoms with van der Waals surface area (Å²) in [7, 11) is 0. The van der Waals surface area contributed by atoms with Crippen LogP contribution in [0, 0.1) is 22.7 Å². The molecule has 162 valence electrons. The number of rotatable bonds is 6. The maximum Gasteiger partial charge on any atom is 0.255 e. The van der Waals surface area contributed by atoms with Crippen LogP contribution >= 0.6 is 11.3 Å². The van der Waals surface area contributed by atoms with E-state index in [1.54, 1.807) is 54.6 Å². The Labute approximate surface area is 194 Å². The topological polar surface area (TPSA) is 125 Å². The number of hydrogen-bond acceptors (Lipinski definition) is 7. The third-order valence-corrected chi connectivity index (χ3v) is 6.00. The highest BCUT2D eigenvalue weighted by molar-refractivity contribution is 7.22. The Balaban J connectivity index is 1.55. The Hall–Kier alpha value is -4.40. The number of hydrogen-bond donors (Lipinski definition) is 2. The third kappa shape index (κ3) is 4.62. The molecular weight excluding hydrogens is 434 g/mol. The van der Waals surface area contributed by atoms with Crippen LogP contribution in [0.5, 0.6) is 11.5 Å². The lowest BCUT2D eigenvalue weighted by Gasteiger charge is -2.11. The number of nitrogens with one attached hydrogen (secondary N) is 1. The van der Waals surface area contributed by atoms with E-state index in [4.69, 9.17) is 10.5 Å². The molecule has 1 amide bonds. The summed E-state index contributed by atoms with van der Waals surface area (Å²) < 4.78 is 6.62. The van der Waals surface area contributed by atoms with Gasteiger partial charge in [-0.2, -0.15) is 10.5 Å². The van der Waals surface area contributed by atoms with E-state index in [0.717, 1.165) is 5.56 Å². The molecule has 4 rings (SSSR count). The lowest BCUT2D eigenvalue weighted by molar-refractivity contribution is 0.102. The summed E-state index contributed by atoms with van der Waals surface area (Å²) in [6.07, 6.45) is 0.672. The summed E-state index contributed by atoms with van der Waals surface area (Å²) in [5.41, 5.74) is 8.59. The van der Waals surface area contributed by atoms with Crippen molar-refractivity contribution in [1.29, 1.82) is 10.5 Å². The van der Waals surface area contributed by atoms with Gasteiger partial charge in [0, 0.05) is 17.3 Å². The van der Waals surface area contributed by atoms with Crippen molar-refractivity contribution in [3.8, 4) is 23.6 Å². The van der Waals surface area contributed by atoms with Gasteiger partial charge in [0.2, 0.25) is 0 Å². The molecule has 0 aliphatic carbocycles. The predicted molar refractivity (Wildman–Crippen MR) is 128 cm³/mol. The van der Waals surface area contributed by atoms with E-state index in [1.165, 1.54) is 11.3 Å². The Bertz CT molecular complexity index is 1430. The summed E-state index contributed by atoms with van der Waals surface area (Å²) in [5, 5.41) is 22.2. The van der Waals surface area contributed by atoms with E-state index >= 15 is 0 Å². The maximum atomic E-state index is 12.8. The molecule has 1 aromatic heterocycles. The number of fused-ring (bicyclic) bond motifs is 1. The predicted octanol–water partition coefficient (Wildman–Crippen LogP) is 5.81. The molecule has 0 saturated carbocycles. The highest BCUT2D eigenvalue weighted by atomic mass is 32.1. The number of benzene rings is 3. The number of ether oxygens (including phenoxy) is 1. The molecule has 1 heterocycles. The fraction of sp³-hybridized carbons (Fsp3) is 0.120. The molecule has 0 radical (unpaired) electrons. The maximum absolute atomic E-state index is 12.8. The van der Waals surface area contributed by atoms with Crippen LogP contribution in [0.2, 0.25) is 0 Å². The SMILES string of the molecule is CCC(C#N)c1cccc(C(=O)Nc2cccc(Oc3ccc4nc(N)sc4c3C#N)c2)c1. The first kappa shape index (κ1) is 21.8. The Morgan fingerprint density at radius 1 is 1.18 bits per heavy atom. The van der Waals surface area contributed by atoms with Gasteiger partial charge in [0.1, 0.15) is 23.1 Å². The van der Waals surface area contributed by atoms with Crippen molar-refractivity contribution in [2.45, 2.75) is 19.3 Å². The van der Waals surface area contributed by atoms with Gasteiger partial charge in [0.05, 0.1) is 22.2 Å². The minimum atomic E-state index is -0.291. The van der Waals surface area contributed by atoms with Gasteiger partial charge in [-0.1, -0.05) is 36.5 Å². The van der Waals surface area contributed by atoms with Crippen LogP contribution < -0.4 is 15.8 Å². The number of carbonyl (C=O) groups excluding carboxylic acids is 1. The van der Waals surface area contributed by atoms with Crippen molar-refractivity contribution in [2.75, 3.05) is 11.1 Å². The van der Waals surface area contributed by atoms with E-state index in [0.29, 0.717) is 50.1 Å². The zero-order valence-electron chi connectivity index (χ0n) is 17.7.